The molecule has 2 aromatic rings. The van der Waals surface area contributed by atoms with Crippen LogP contribution in [0.1, 0.15) is 43.9 Å². The molecule has 3 heterocycles. The SMILES string of the molecule is CC1(C)NC(=O)N(c2cnc(Oc3ccc4c(c3)[C@H](C3CC3)OC4)nc2)C1=O. The second-order valence-electron chi connectivity index (χ2n) is 7.95. The Balaban J connectivity index is 1.34. The zero-order valence-electron chi connectivity index (χ0n) is 15.6. The number of fused-ring (bicyclic) bond motifs is 1. The van der Waals surface area contributed by atoms with Crippen LogP contribution < -0.4 is 15.0 Å². The largest absolute Gasteiger partial charge is 0.424 e. The molecular formula is C20H20N4O4. The van der Waals surface area contributed by atoms with Crippen LogP contribution in [0.4, 0.5) is 10.5 Å². The number of urea groups is 1. The summed E-state index contributed by atoms with van der Waals surface area (Å²) in [6.45, 7) is 3.94. The second kappa shape index (κ2) is 6.00. The molecule has 0 spiro atoms. The summed E-state index contributed by atoms with van der Waals surface area (Å²) in [5, 5.41) is 2.63. The number of hydrogen-bond acceptors (Lipinski definition) is 6. The minimum atomic E-state index is -0.948. The number of ether oxygens (including phenoxy) is 2. The van der Waals surface area contributed by atoms with Crippen molar-refractivity contribution in [3.63, 3.8) is 0 Å². The van der Waals surface area contributed by atoms with Crippen molar-refractivity contribution < 1.29 is 19.1 Å². The van der Waals surface area contributed by atoms with Crippen LogP contribution in [0.2, 0.25) is 0 Å². The van der Waals surface area contributed by atoms with Gasteiger partial charge in [0.25, 0.3) is 5.91 Å². The molecule has 1 saturated carbocycles. The summed E-state index contributed by atoms with van der Waals surface area (Å²) >= 11 is 0. The van der Waals surface area contributed by atoms with Crippen molar-refractivity contribution in [3.8, 4) is 11.8 Å². The summed E-state index contributed by atoms with van der Waals surface area (Å²) in [5.41, 5.74) is 1.73. The number of nitrogens with one attached hydrogen (secondary N) is 1. The van der Waals surface area contributed by atoms with Crippen molar-refractivity contribution >= 4 is 17.6 Å². The number of benzene rings is 1. The van der Waals surface area contributed by atoms with E-state index in [-0.39, 0.29) is 18.0 Å². The molecule has 5 rings (SSSR count). The minimum Gasteiger partial charge on any atom is -0.424 e. The average molecular weight is 380 g/mol. The first-order valence-electron chi connectivity index (χ1n) is 9.33. The van der Waals surface area contributed by atoms with Crippen LogP contribution >= 0.6 is 0 Å². The van der Waals surface area contributed by atoms with Gasteiger partial charge in [0.1, 0.15) is 11.3 Å². The highest BCUT2D eigenvalue weighted by molar-refractivity contribution is 6.22. The van der Waals surface area contributed by atoms with Crippen molar-refractivity contribution in [1.29, 1.82) is 0 Å². The maximum absolute atomic E-state index is 12.4. The van der Waals surface area contributed by atoms with Gasteiger partial charge in [0.15, 0.2) is 0 Å². The predicted molar refractivity (Wildman–Crippen MR) is 98.9 cm³/mol. The Bertz CT molecular complexity index is 969. The molecule has 1 aromatic carbocycles. The topological polar surface area (TPSA) is 93.7 Å². The number of hydrogen-bond donors (Lipinski definition) is 1. The molecule has 1 saturated heterocycles. The monoisotopic (exact) mass is 380 g/mol. The van der Waals surface area contributed by atoms with Gasteiger partial charge in [-0.05, 0) is 55.9 Å². The third-order valence-electron chi connectivity index (χ3n) is 5.33. The molecule has 1 aliphatic carbocycles. The molecule has 8 nitrogen and oxygen atoms in total. The highest BCUT2D eigenvalue weighted by atomic mass is 16.5. The van der Waals surface area contributed by atoms with Crippen LogP contribution in [0.5, 0.6) is 11.8 Å². The molecule has 0 bridgehead atoms. The molecule has 1 atom stereocenters. The van der Waals surface area contributed by atoms with Crippen molar-refractivity contribution in [1.82, 2.24) is 15.3 Å². The Hall–Kier alpha value is -3.00. The Labute approximate surface area is 161 Å². The normalized spacial score (nSPS) is 22.9. The molecule has 144 valence electrons. The van der Waals surface area contributed by atoms with E-state index in [1.165, 1.54) is 36.4 Å². The lowest BCUT2D eigenvalue weighted by Crippen LogP contribution is -2.40. The standard InChI is InChI=1S/C20H20N4O4/c1-20(2)17(25)24(19(26)23-20)13-8-21-18(22-9-13)28-14-6-5-12-10-27-16(11-3-4-11)15(12)7-14/h5-9,11,16H,3-4,10H2,1-2H3,(H,23,26)/t16-/m0/s1. The third-order valence-corrected chi connectivity index (χ3v) is 5.33. The van der Waals surface area contributed by atoms with Crippen LogP contribution in [0.15, 0.2) is 30.6 Å². The van der Waals surface area contributed by atoms with Gasteiger partial charge in [0, 0.05) is 0 Å². The second-order valence-corrected chi connectivity index (χ2v) is 7.95. The predicted octanol–water partition coefficient (Wildman–Crippen LogP) is 3.09. The summed E-state index contributed by atoms with van der Waals surface area (Å²) < 4.78 is 11.7. The van der Waals surface area contributed by atoms with Crippen molar-refractivity contribution in [2.75, 3.05) is 4.90 Å². The van der Waals surface area contributed by atoms with E-state index in [0.29, 0.717) is 24.0 Å². The Morgan fingerprint density at radius 2 is 1.96 bits per heavy atom. The quantitative estimate of drug-likeness (QED) is 0.820. The van der Waals surface area contributed by atoms with E-state index in [1.807, 2.05) is 18.2 Å². The number of amides is 3. The molecule has 0 unspecified atom stereocenters. The van der Waals surface area contributed by atoms with E-state index in [4.69, 9.17) is 9.47 Å². The number of rotatable bonds is 4. The van der Waals surface area contributed by atoms with Gasteiger partial charge in [-0.25, -0.2) is 19.7 Å². The van der Waals surface area contributed by atoms with Gasteiger partial charge in [-0.3, -0.25) is 4.79 Å². The maximum Gasteiger partial charge on any atom is 0.329 e. The first-order valence-corrected chi connectivity index (χ1v) is 9.33. The summed E-state index contributed by atoms with van der Waals surface area (Å²) in [6, 6.07) is 5.53. The van der Waals surface area contributed by atoms with Gasteiger partial charge in [0.2, 0.25) is 0 Å². The van der Waals surface area contributed by atoms with Crippen LogP contribution in [0.25, 0.3) is 0 Å². The number of carbonyl (C=O) groups is 2. The number of nitrogens with zero attached hydrogens (tertiary/aromatic N) is 3. The van der Waals surface area contributed by atoms with Crippen LogP contribution in [0.3, 0.4) is 0 Å². The number of imide groups is 1. The van der Waals surface area contributed by atoms with E-state index in [2.05, 4.69) is 15.3 Å². The fourth-order valence-electron chi connectivity index (χ4n) is 3.66. The molecule has 3 amide bonds. The fourth-order valence-corrected chi connectivity index (χ4v) is 3.66. The van der Waals surface area contributed by atoms with Gasteiger partial charge in [-0.15, -0.1) is 0 Å². The summed E-state index contributed by atoms with van der Waals surface area (Å²) in [7, 11) is 0. The van der Waals surface area contributed by atoms with Crippen LogP contribution in [0, 0.1) is 5.92 Å². The molecular weight excluding hydrogens is 360 g/mol. The first kappa shape index (κ1) is 17.1. The summed E-state index contributed by atoms with van der Waals surface area (Å²) in [6.07, 6.45) is 5.39. The minimum absolute atomic E-state index is 0.150. The van der Waals surface area contributed by atoms with Crippen LogP contribution in [-0.2, 0) is 16.1 Å². The van der Waals surface area contributed by atoms with E-state index in [9.17, 15) is 9.59 Å². The van der Waals surface area contributed by atoms with E-state index < -0.39 is 11.6 Å². The Kier molecular flexibility index (Phi) is 3.67. The summed E-state index contributed by atoms with van der Waals surface area (Å²) in [5.74, 6) is 0.902. The molecule has 1 aromatic heterocycles. The van der Waals surface area contributed by atoms with E-state index in [0.717, 1.165) is 4.90 Å². The molecule has 2 fully saturated rings. The molecule has 0 radical (unpaired) electrons. The van der Waals surface area contributed by atoms with Crippen molar-refractivity contribution in [2.45, 2.75) is 44.9 Å². The van der Waals surface area contributed by atoms with Gasteiger partial charge in [0.05, 0.1) is 30.8 Å². The van der Waals surface area contributed by atoms with Crippen molar-refractivity contribution in [2.24, 2.45) is 5.92 Å². The number of aromatic nitrogens is 2. The molecule has 2 aliphatic heterocycles. The molecule has 28 heavy (non-hydrogen) atoms. The lowest BCUT2D eigenvalue weighted by atomic mass is 10.0. The average Bonchev–Trinajstić information content (AvgIpc) is 3.37. The Morgan fingerprint density at radius 1 is 1.21 bits per heavy atom. The smallest absolute Gasteiger partial charge is 0.329 e. The van der Waals surface area contributed by atoms with E-state index in [1.54, 1.807) is 13.8 Å². The lowest BCUT2D eigenvalue weighted by molar-refractivity contribution is -0.121. The number of anilines is 1. The maximum atomic E-state index is 12.4. The highest BCUT2D eigenvalue weighted by Gasteiger charge is 2.45. The highest BCUT2D eigenvalue weighted by Crippen LogP contribution is 2.48. The number of carbonyl (C=O) groups excluding carboxylic acids is 2. The zero-order chi connectivity index (χ0) is 19.5. The van der Waals surface area contributed by atoms with Crippen molar-refractivity contribution in [3.05, 3.63) is 41.7 Å². The van der Waals surface area contributed by atoms with Gasteiger partial charge in [-0.2, -0.15) is 0 Å². The van der Waals surface area contributed by atoms with Gasteiger partial charge >= 0.3 is 12.0 Å². The fraction of sp³-hybridized carbons (Fsp3) is 0.400. The first-order chi connectivity index (χ1) is 13.4. The molecule has 1 N–H and O–H groups in total. The molecule has 3 aliphatic rings. The van der Waals surface area contributed by atoms with Crippen LogP contribution in [-0.4, -0.2) is 27.4 Å². The lowest BCUT2D eigenvalue weighted by Gasteiger charge is -2.15. The molecule has 8 heteroatoms. The van der Waals surface area contributed by atoms with E-state index >= 15 is 0 Å². The Morgan fingerprint density at radius 3 is 2.61 bits per heavy atom. The van der Waals surface area contributed by atoms with Gasteiger partial charge in [-0.1, -0.05) is 6.07 Å². The third kappa shape index (κ3) is 2.80. The zero-order valence-corrected chi connectivity index (χ0v) is 15.6. The summed E-state index contributed by atoms with van der Waals surface area (Å²) in [4.78, 5) is 33.8. The van der Waals surface area contributed by atoms with Gasteiger partial charge < -0.3 is 14.8 Å².